The molecule has 9 nitrogen and oxygen atoms in total. The molecule has 0 radical (unpaired) electrons. The molecule has 0 unspecified atom stereocenters. The van der Waals surface area contributed by atoms with Crippen LogP contribution in [0.1, 0.15) is 10.5 Å². The first-order valence-electron chi connectivity index (χ1n) is 6.12. The predicted octanol–water partition coefficient (Wildman–Crippen LogP) is 2.03. The number of nitro groups is 1. The van der Waals surface area contributed by atoms with Crippen LogP contribution in [0, 0.1) is 10.1 Å². The topological polar surface area (TPSA) is 119 Å². The van der Waals surface area contributed by atoms with Crippen LogP contribution in [-0.2, 0) is 7.05 Å². The Labute approximate surface area is 127 Å². The Kier molecular flexibility index (Phi) is 3.43. The number of thiazole rings is 1. The highest BCUT2D eigenvalue weighted by Gasteiger charge is 2.23. The van der Waals surface area contributed by atoms with E-state index in [1.807, 2.05) is 29.9 Å². The number of aryl methyl sites for hydroxylation is 1. The summed E-state index contributed by atoms with van der Waals surface area (Å²) in [5.74, 6) is -0.656. The summed E-state index contributed by atoms with van der Waals surface area (Å²) < 4.78 is 1.90. The molecule has 0 aliphatic carbocycles. The molecular weight excluding hydrogens is 308 g/mol. The molecule has 0 bridgehead atoms. The van der Waals surface area contributed by atoms with Gasteiger partial charge in [-0.3, -0.25) is 25.3 Å². The Morgan fingerprint density at radius 2 is 2.36 bits per heavy atom. The van der Waals surface area contributed by atoms with Gasteiger partial charge in [0.2, 0.25) is 5.69 Å². The number of hydrogen-bond acceptors (Lipinski definition) is 6. The zero-order valence-corrected chi connectivity index (χ0v) is 12.1. The third kappa shape index (κ3) is 2.46. The molecule has 3 heterocycles. The van der Waals surface area contributed by atoms with Crippen LogP contribution in [0.4, 0.5) is 10.8 Å². The maximum Gasteiger partial charge on any atom is 0.319 e. The lowest BCUT2D eigenvalue weighted by atomic mass is 10.3. The minimum Gasteiger partial charge on any atom is -0.349 e. The highest BCUT2D eigenvalue weighted by molar-refractivity contribution is 7.14. The van der Waals surface area contributed by atoms with Crippen molar-refractivity contribution in [1.29, 1.82) is 0 Å². The molecule has 10 heteroatoms. The number of anilines is 1. The second kappa shape index (κ2) is 5.41. The zero-order valence-electron chi connectivity index (χ0n) is 11.3. The smallest absolute Gasteiger partial charge is 0.319 e. The molecule has 112 valence electrons. The SMILES string of the molecule is Cn1cccc1-c1csc(NC(=O)c2[nH]ncc2[N+](=O)[O-])n1. The van der Waals surface area contributed by atoms with Crippen LogP contribution >= 0.6 is 11.3 Å². The minimum absolute atomic E-state index is 0.208. The van der Waals surface area contributed by atoms with Gasteiger partial charge in [0.25, 0.3) is 5.91 Å². The normalized spacial score (nSPS) is 10.6. The van der Waals surface area contributed by atoms with Crippen molar-refractivity contribution in [2.45, 2.75) is 0 Å². The van der Waals surface area contributed by atoms with Gasteiger partial charge in [-0.05, 0) is 12.1 Å². The number of amides is 1. The van der Waals surface area contributed by atoms with E-state index in [1.54, 1.807) is 5.38 Å². The number of nitrogens with one attached hydrogen (secondary N) is 2. The molecule has 0 aliphatic heterocycles. The van der Waals surface area contributed by atoms with Crippen LogP contribution in [0.2, 0.25) is 0 Å². The third-order valence-electron chi connectivity index (χ3n) is 2.97. The number of nitrogens with zero attached hydrogens (tertiary/aromatic N) is 4. The molecule has 0 aromatic carbocycles. The molecule has 0 spiro atoms. The lowest BCUT2D eigenvalue weighted by molar-refractivity contribution is -0.385. The fourth-order valence-corrected chi connectivity index (χ4v) is 2.62. The summed E-state index contributed by atoms with van der Waals surface area (Å²) in [6, 6.07) is 3.79. The maximum atomic E-state index is 12.0. The fraction of sp³-hybridized carbons (Fsp3) is 0.0833. The standard InChI is InChI=1S/C12H10N6O3S/c1-17-4-2-3-8(17)7-6-22-12(14-7)15-11(19)10-9(18(20)21)5-13-16-10/h2-6H,1H3,(H,13,16)(H,14,15,19). The average Bonchev–Trinajstić information content (AvgIpc) is 3.17. The van der Waals surface area contributed by atoms with Crippen molar-refractivity contribution in [2.24, 2.45) is 7.05 Å². The fourth-order valence-electron chi connectivity index (χ4n) is 1.92. The molecule has 22 heavy (non-hydrogen) atoms. The molecule has 0 fully saturated rings. The summed E-state index contributed by atoms with van der Waals surface area (Å²) >= 11 is 1.24. The molecular formula is C12H10N6O3S. The van der Waals surface area contributed by atoms with Crippen molar-refractivity contribution < 1.29 is 9.72 Å². The molecule has 2 N–H and O–H groups in total. The molecule has 0 saturated carbocycles. The van der Waals surface area contributed by atoms with Gasteiger partial charge in [0, 0.05) is 18.6 Å². The van der Waals surface area contributed by atoms with E-state index in [0.29, 0.717) is 10.8 Å². The van der Waals surface area contributed by atoms with Crippen molar-refractivity contribution in [2.75, 3.05) is 5.32 Å². The van der Waals surface area contributed by atoms with Crippen molar-refractivity contribution in [3.05, 3.63) is 45.7 Å². The van der Waals surface area contributed by atoms with Gasteiger partial charge in [0.1, 0.15) is 6.20 Å². The van der Waals surface area contributed by atoms with Crippen LogP contribution in [-0.4, -0.2) is 30.6 Å². The van der Waals surface area contributed by atoms with Crippen LogP contribution in [0.15, 0.2) is 29.9 Å². The van der Waals surface area contributed by atoms with Crippen LogP contribution < -0.4 is 5.32 Å². The molecule has 1 amide bonds. The van der Waals surface area contributed by atoms with Gasteiger partial charge in [-0.1, -0.05) is 0 Å². The lowest BCUT2D eigenvalue weighted by Crippen LogP contribution is -2.14. The van der Waals surface area contributed by atoms with Crippen LogP contribution in [0.25, 0.3) is 11.4 Å². The number of hydrogen-bond donors (Lipinski definition) is 2. The first-order chi connectivity index (χ1) is 10.6. The summed E-state index contributed by atoms with van der Waals surface area (Å²) in [7, 11) is 1.89. The quantitative estimate of drug-likeness (QED) is 0.563. The molecule has 0 aliphatic rings. The number of aromatic nitrogens is 4. The number of carbonyl (C=O) groups excluding carboxylic acids is 1. The minimum atomic E-state index is -0.671. The molecule has 3 aromatic rings. The number of carbonyl (C=O) groups is 1. The van der Waals surface area contributed by atoms with Gasteiger partial charge in [0.15, 0.2) is 5.13 Å². The Bertz CT molecular complexity index is 849. The van der Waals surface area contributed by atoms with Crippen LogP contribution in [0.5, 0.6) is 0 Å². The molecule has 3 rings (SSSR count). The van der Waals surface area contributed by atoms with E-state index >= 15 is 0 Å². The molecule has 3 aromatic heterocycles. The predicted molar refractivity (Wildman–Crippen MR) is 79.7 cm³/mol. The van der Waals surface area contributed by atoms with Crippen LogP contribution in [0.3, 0.4) is 0 Å². The summed E-state index contributed by atoms with van der Waals surface area (Å²) in [4.78, 5) is 26.5. The highest BCUT2D eigenvalue weighted by atomic mass is 32.1. The number of aromatic amines is 1. The molecule has 0 atom stereocenters. The van der Waals surface area contributed by atoms with E-state index in [-0.39, 0.29) is 11.4 Å². The Balaban J connectivity index is 1.81. The third-order valence-corrected chi connectivity index (χ3v) is 3.73. The monoisotopic (exact) mass is 318 g/mol. The number of H-pyrrole nitrogens is 1. The second-order valence-electron chi connectivity index (χ2n) is 4.38. The number of rotatable bonds is 4. The molecule has 0 saturated heterocycles. The summed E-state index contributed by atoms with van der Waals surface area (Å²) in [5, 5.41) is 21.3. The zero-order chi connectivity index (χ0) is 15.7. The summed E-state index contributed by atoms with van der Waals surface area (Å²) in [6.45, 7) is 0. The van der Waals surface area contributed by atoms with Gasteiger partial charge in [-0.25, -0.2) is 4.98 Å². The second-order valence-corrected chi connectivity index (χ2v) is 5.24. The first-order valence-corrected chi connectivity index (χ1v) is 7.00. The maximum absolute atomic E-state index is 12.0. The summed E-state index contributed by atoms with van der Waals surface area (Å²) in [5.41, 5.74) is 1.04. The van der Waals surface area contributed by atoms with Crippen molar-refractivity contribution in [3.8, 4) is 11.4 Å². The first kappa shape index (κ1) is 13.9. The summed E-state index contributed by atoms with van der Waals surface area (Å²) in [6.07, 6.45) is 2.88. The van der Waals surface area contributed by atoms with Gasteiger partial charge < -0.3 is 4.57 Å². The average molecular weight is 318 g/mol. The van der Waals surface area contributed by atoms with E-state index in [0.717, 1.165) is 11.9 Å². The van der Waals surface area contributed by atoms with Crippen molar-refractivity contribution in [3.63, 3.8) is 0 Å². The van der Waals surface area contributed by atoms with E-state index in [4.69, 9.17) is 0 Å². The van der Waals surface area contributed by atoms with Gasteiger partial charge in [0.05, 0.1) is 16.3 Å². The van der Waals surface area contributed by atoms with Crippen molar-refractivity contribution >= 4 is 28.1 Å². The largest absolute Gasteiger partial charge is 0.349 e. The van der Waals surface area contributed by atoms with Gasteiger partial charge in [-0.2, -0.15) is 5.10 Å². The highest BCUT2D eigenvalue weighted by Crippen LogP contribution is 2.25. The van der Waals surface area contributed by atoms with E-state index in [1.165, 1.54) is 11.3 Å². The lowest BCUT2D eigenvalue weighted by Gasteiger charge is -1.99. The van der Waals surface area contributed by atoms with Crippen molar-refractivity contribution in [1.82, 2.24) is 19.7 Å². The van der Waals surface area contributed by atoms with E-state index in [2.05, 4.69) is 20.5 Å². The Hall–Kier alpha value is -3.01. The van der Waals surface area contributed by atoms with Gasteiger partial charge in [-0.15, -0.1) is 11.3 Å². The van der Waals surface area contributed by atoms with Gasteiger partial charge >= 0.3 is 5.69 Å². The van der Waals surface area contributed by atoms with E-state index in [9.17, 15) is 14.9 Å². The Morgan fingerprint density at radius 3 is 3.05 bits per heavy atom. The Morgan fingerprint density at radius 1 is 1.55 bits per heavy atom. The van der Waals surface area contributed by atoms with E-state index < -0.39 is 10.8 Å².